The van der Waals surface area contributed by atoms with Gasteiger partial charge in [-0.05, 0) is 50.3 Å². The number of nitrogen functional groups attached to an aromatic ring is 1. The van der Waals surface area contributed by atoms with Crippen LogP contribution in [0.4, 0.5) is 10.9 Å². The van der Waals surface area contributed by atoms with Gasteiger partial charge in [-0.1, -0.05) is 0 Å². The van der Waals surface area contributed by atoms with Crippen LogP contribution in [0.25, 0.3) is 11.2 Å². The van der Waals surface area contributed by atoms with E-state index in [0.29, 0.717) is 41.7 Å². The lowest BCUT2D eigenvalue weighted by atomic mass is 9.87. The predicted octanol–water partition coefficient (Wildman–Crippen LogP) is 2.99. The van der Waals surface area contributed by atoms with E-state index in [1.54, 1.807) is 16.8 Å². The zero-order valence-electron chi connectivity index (χ0n) is 19.7. The van der Waals surface area contributed by atoms with Crippen LogP contribution >= 0.6 is 11.3 Å². The van der Waals surface area contributed by atoms with E-state index in [0.717, 1.165) is 48.2 Å². The fraction of sp³-hybridized carbons (Fsp3) is 0.400. The molecular weight excluding hydrogens is 478 g/mol. The van der Waals surface area contributed by atoms with Gasteiger partial charge in [-0.2, -0.15) is 0 Å². The van der Waals surface area contributed by atoms with E-state index in [2.05, 4.69) is 24.8 Å². The molecule has 0 saturated carbocycles. The first-order valence-corrected chi connectivity index (χ1v) is 13.1. The standard InChI is InChI=1S/C25H27N7O3S/c26-24-28-17-4-1-3-14(22(17)36-24)11-19(33)15-12-20(29-21(34)13-15)31-9-6-16(7-10-31)32-18-5-2-8-27-23(18)30-25(32)35/h2,5,8,12-14,16H,1,3-4,6-7,9-11H2,(H2,26,28)(H,29,34)(H,27,30,35). The Bertz CT molecular complexity index is 1560. The van der Waals surface area contributed by atoms with E-state index in [9.17, 15) is 14.4 Å². The van der Waals surface area contributed by atoms with Gasteiger partial charge in [0.05, 0.1) is 11.2 Å². The van der Waals surface area contributed by atoms with Crippen LogP contribution in [0.2, 0.25) is 0 Å². The van der Waals surface area contributed by atoms with Crippen LogP contribution in [-0.2, 0) is 6.42 Å². The highest BCUT2D eigenvalue weighted by atomic mass is 32.1. The number of pyridine rings is 2. The number of H-pyrrole nitrogens is 2. The molecule has 36 heavy (non-hydrogen) atoms. The van der Waals surface area contributed by atoms with Crippen molar-refractivity contribution in [3.05, 3.63) is 67.4 Å². The summed E-state index contributed by atoms with van der Waals surface area (Å²) in [5.41, 5.74) is 8.30. The van der Waals surface area contributed by atoms with E-state index in [-0.39, 0.29) is 29.0 Å². The molecule has 2 aliphatic rings. The summed E-state index contributed by atoms with van der Waals surface area (Å²) < 4.78 is 1.78. The van der Waals surface area contributed by atoms with Gasteiger partial charge in [0.15, 0.2) is 16.6 Å². The van der Waals surface area contributed by atoms with Crippen LogP contribution in [0.1, 0.15) is 65.0 Å². The zero-order chi connectivity index (χ0) is 24.8. The number of carbonyl (C=O) groups is 1. The highest BCUT2D eigenvalue weighted by Gasteiger charge is 2.28. The average molecular weight is 506 g/mol. The minimum Gasteiger partial charge on any atom is -0.375 e. The molecule has 6 rings (SSSR count). The van der Waals surface area contributed by atoms with Crippen LogP contribution in [0.15, 0.2) is 40.1 Å². The Morgan fingerprint density at radius 2 is 2.00 bits per heavy atom. The van der Waals surface area contributed by atoms with Gasteiger partial charge in [0.25, 0.3) is 0 Å². The highest BCUT2D eigenvalue weighted by Crippen LogP contribution is 2.39. The van der Waals surface area contributed by atoms with Crippen LogP contribution in [0.3, 0.4) is 0 Å². The van der Waals surface area contributed by atoms with Crippen LogP contribution in [0.5, 0.6) is 0 Å². The number of thiazole rings is 1. The number of anilines is 2. The maximum absolute atomic E-state index is 13.2. The summed E-state index contributed by atoms with van der Waals surface area (Å²) in [6.07, 6.45) is 6.29. The smallest absolute Gasteiger partial charge is 0.327 e. The van der Waals surface area contributed by atoms with E-state index < -0.39 is 0 Å². The van der Waals surface area contributed by atoms with Crippen molar-refractivity contribution >= 4 is 39.2 Å². The zero-order valence-corrected chi connectivity index (χ0v) is 20.5. The minimum atomic E-state index is -0.289. The molecule has 4 aromatic heterocycles. The maximum Gasteiger partial charge on any atom is 0.327 e. The lowest BCUT2D eigenvalue weighted by Gasteiger charge is -2.33. The number of aromatic nitrogens is 5. The third-order valence-electron chi connectivity index (χ3n) is 7.33. The number of carbonyl (C=O) groups excluding carboxylic acids is 1. The number of nitrogens with two attached hydrogens (primary N) is 1. The Labute approximate surface area is 210 Å². The van der Waals surface area contributed by atoms with Gasteiger partial charge in [0.2, 0.25) is 5.56 Å². The van der Waals surface area contributed by atoms with E-state index in [1.165, 1.54) is 17.4 Å². The summed E-state index contributed by atoms with van der Waals surface area (Å²) in [6, 6.07) is 6.94. The van der Waals surface area contributed by atoms with Gasteiger partial charge >= 0.3 is 5.69 Å². The van der Waals surface area contributed by atoms with Gasteiger partial charge in [-0.25, -0.2) is 14.8 Å². The second kappa shape index (κ2) is 9.05. The van der Waals surface area contributed by atoms with Crippen LogP contribution in [-0.4, -0.2) is 43.4 Å². The Balaban J connectivity index is 1.18. The van der Waals surface area contributed by atoms with Crippen LogP contribution < -0.4 is 21.9 Å². The quantitative estimate of drug-likeness (QED) is 0.354. The fourth-order valence-electron chi connectivity index (χ4n) is 5.61. The molecule has 11 heteroatoms. The van der Waals surface area contributed by atoms with Gasteiger partial charge in [0, 0.05) is 54.2 Å². The lowest BCUT2D eigenvalue weighted by Crippen LogP contribution is -2.38. The number of imidazole rings is 1. The third-order valence-corrected chi connectivity index (χ3v) is 8.41. The summed E-state index contributed by atoms with van der Waals surface area (Å²) >= 11 is 1.47. The molecule has 4 N–H and O–H groups in total. The van der Waals surface area contributed by atoms with Gasteiger partial charge in [0.1, 0.15) is 5.82 Å². The van der Waals surface area contributed by atoms with Crippen molar-refractivity contribution < 1.29 is 4.79 Å². The molecule has 10 nitrogen and oxygen atoms in total. The summed E-state index contributed by atoms with van der Waals surface area (Å²) in [4.78, 5) is 55.8. The van der Waals surface area contributed by atoms with Crippen molar-refractivity contribution in [3.8, 4) is 0 Å². The summed E-state index contributed by atoms with van der Waals surface area (Å²) in [6.45, 7) is 1.31. The normalized spacial score (nSPS) is 18.4. The molecule has 0 amide bonds. The monoisotopic (exact) mass is 505 g/mol. The van der Waals surface area contributed by atoms with Crippen molar-refractivity contribution in [1.29, 1.82) is 0 Å². The van der Waals surface area contributed by atoms with E-state index >= 15 is 0 Å². The summed E-state index contributed by atoms with van der Waals surface area (Å²) in [5.74, 6) is 0.696. The first-order chi connectivity index (χ1) is 17.5. The molecule has 0 spiro atoms. The predicted molar refractivity (Wildman–Crippen MR) is 139 cm³/mol. The number of aromatic amines is 2. The molecule has 1 fully saturated rings. The highest BCUT2D eigenvalue weighted by molar-refractivity contribution is 7.15. The largest absolute Gasteiger partial charge is 0.375 e. The molecule has 186 valence electrons. The molecule has 1 aliphatic carbocycles. The average Bonchev–Trinajstić information content (AvgIpc) is 3.42. The van der Waals surface area contributed by atoms with Crippen molar-refractivity contribution in [1.82, 2.24) is 24.5 Å². The first-order valence-electron chi connectivity index (χ1n) is 12.3. The number of nitrogens with zero attached hydrogens (tertiary/aromatic N) is 4. The first kappa shape index (κ1) is 22.7. The molecule has 1 unspecified atom stereocenters. The van der Waals surface area contributed by atoms with Crippen LogP contribution in [0, 0.1) is 0 Å². The Morgan fingerprint density at radius 1 is 1.17 bits per heavy atom. The number of hydrogen-bond donors (Lipinski definition) is 3. The number of nitrogens with one attached hydrogen (secondary N) is 2. The lowest BCUT2D eigenvalue weighted by molar-refractivity contribution is 0.0971. The van der Waals surface area contributed by atoms with Crippen molar-refractivity contribution in [2.75, 3.05) is 23.7 Å². The Hall–Kier alpha value is -3.73. The number of Topliss-reactive ketones (excluding diaryl/α,β-unsaturated/α-hetero) is 1. The Kier molecular flexibility index (Phi) is 5.71. The van der Waals surface area contributed by atoms with Gasteiger partial charge in [-0.15, -0.1) is 11.3 Å². The summed E-state index contributed by atoms with van der Waals surface area (Å²) in [5, 5.41) is 0.548. The SMILES string of the molecule is Nc1nc2c(s1)C(CC(=O)c1cc(N3CCC(n4c(=O)[nH]c5ncccc54)CC3)[nH]c(=O)c1)CCC2. The number of ketones is 1. The van der Waals surface area contributed by atoms with Crippen molar-refractivity contribution in [2.45, 2.75) is 50.5 Å². The summed E-state index contributed by atoms with van der Waals surface area (Å²) in [7, 11) is 0. The number of piperidine rings is 1. The van der Waals surface area contributed by atoms with Gasteiger partial charge < -0.3 is 15.6 Å². The molecule has 4 aromatic rings. The van der Waals surface area contributed by atoms with Crippen molar-refractivity contribution in [3.63, 3.8) is 0 Å². The topological polar surface area (TPSA) is 143 Å². The van der Waals surface area contributed by atoms with E-state index in [4.69, 9.17) is 5.73 Å². The second-order valence-electron chi connectivity index (χ2n) is 9.59. The molecule has 1 saturated heterocycles. The second-order valence-corrected chi connectivity index (χ2v) is 10.6. The number of hydrogen-bond acceptors (Lipinski definition) is 8. The molecule has 0 aromatic carbocycles. The molecule has 0 bridgehead atoms. The number of aryl methyl sites for hydroxylation is 1. The third kappa shape index (κ3) is 4.13. The molecule has 0 radical (unpaired) electrons. The fourth-order valence-corrected chi connectivity index (χ4v) is 6.62. The maximum atomic E-state index is 13.2. The Morgan fingerprint density at radius 3 is 2.83 bits per heavy atom. The number of fused-ring (bicyclic) bond motifs is 2. The van der Waals surface area contributed by atoms with Gasteiger partial charge in [-0.3, -0.25) is 19.1 Å². The molecule has 1 atom stereocenters. The minimum absolute atomic E-state index is 0.0376. The molecule has 5 heterocycles. The van der Waals surface area contributed by atoms with Crippen molar-refractivity contribution in [2.24, 2.45) is 0 Å². The molecular formula is C25H27N7O3S. The number of rotatable bonds is 5. The van der Waals surface area contributed by atoms with E-state index in [1.807, 2.05) is 12.1 Å². The molecule has 1 aliphatic heterocycles.